The van der Waals surface area contributed by atoms with E-state index in [0.717, 1.165) is 32.5 Å². The van der Waals surface area contributed by atoms with Crippen molar-refractivity contribution in [2.75, 3.05) is 13.1 Å². The Balaban J connectivity index is 1.87. The fourth-order valence-corrected chi connectivity index (χ4v) is 1.80. The molecule has 4 heteroatoms. The average Bonchev–Trinajstić information content (AvgIpc) is 2.76. The molecule has 1 aliphatic rings. The van der Waals surface area contributed by atoms with Gasteiger partial charge in [0, 0.05) is 32.0 Å². The van der Waals surface area contributed by atoms with E-state index in [9.17, 15) is 4.79 Å². The number of aromatic nitrogens is 2. The molecule has 13 heavy (non-hydrogen) atoms. The summed E-state index contributed by atoms with van der Waals surface area (Å²) in [4.78, 5) is 16.3. The van der Waals surface area contributed by atoms with E-state index in [-0.39, 0.29) is 0 Å². The van der Waals surface area contributed by atoms with Gasteiger partial charge in [0.1, 0.15) is 0 Å². The van der Waals surface area contributed by atoms with Gasteiger partial charge in [-0.15, -0.1) is 0 Å². The Kier molecular flexibility index (Phi) is 2.29. The number of hydrogen-bond donors (Lipinski definition) is 0. The molecule has 1 saturated heterocycles. The minimum atomic E-state index is 0.597. The van der Waals surface area contributed by atoms with Crippen molar-refractivity contribution in [1.82, 2.24) is 14.5 Å². The smallest absolute Gasteiger partial charge is 0.209 e. The summed E-state index contributed by atoms with van der Waals surface area (Å²) >= 11 is 0. The molecule has 0 unspecified atom stereocenters. The third kappa shape index (κ3) is 1.88. The first-order chi connectivity index (χ1) is 6.38. The van der Waals surface area contributed by atoms with Crippen LogP contribution in [-0.2, 0) is 11.3 Å². The monoisotopic (exact) mass is 179 g/mol. The zero-order valence-electron chi connectivity index (χ0n) is 7.47. The summed E-state index contributed by atoms with van der Waals surface area (Å²) in [5, 5.41) is 0. The number of imidazole rings is 1. The Morgan fingerprint density at radius 2 is 2.54 bits per heavy atom. The summed E-state index contributed by atoms with van der Waals surface area (Å²) in [7, 11) is 0. The second-order valence-electron chi connectivity index (χ2n) is 3.51. The standard InChI is InChI=1S/C9H13N3O/c13-8-12-3-1-9(6-12)5-11-4-2-10-7-11/h2,4,7-9H,1,3,5-6H2/t9-/m0/s1. The average molecular weight is 179 g/mol. The van der Waals surface area contributed by atoms with Crippen LogP contribution in [0.2, 0.25) is 0 Å². The number of carbonyl (C=O) groups is 1. The molecule has 0 N–H and O–H groups in total. The van der Waals surface area contributed by atoms with Crippen molar-refractivity contribution in [1.29, 1.82) is 0 Å². The first-order valence-corrected chi connectivity index (χ1v) is 4.53. The number of amides is 1. The lowest BCUT2D eigenvalue weighted by molar-refractivity contribution is -0.117. The van der Waals surface area contributed by atoms with Crippen molar-refractivity contribution in [3.63, 3.8) is 0 Å². The molecule has 1 aromatic rings. The van der Waals surface area contributed by atoms with Crippen LogP contribution in [0.15, 0.2) is 18.7 Å². The molecule has 1 amide bonds. The number of carbonyl (C=O) groups excluding carboxylic acids is 1. The largest absolute Gasteiger partial charge is 0.345 e. The van der Waals surface area contributed by atoms with Crippen molar-refractivity contribution >= 4 is 6.41 Å². The zero-order chi connectivity index (χ0) is 9.10. The normalized spacial score (nSPS) is 22.2. The lowest BCUT2D eigenvalue weighted by atomic mass is 10.1. The molecule has 70 valence electrons. The summed E-state index contributed by atoms with van der Waals surface area (Å²) in [6, 6.07) is 0. The second-order valence-corrected chi connectivity index (χ2v) is 3.51. The summed E-state index contributed by atoms with van der Waals surface area (Å²) in [6.45, 7) is 2.77. The first-order valence-electron chi connectivity index (χ1n) is 4.53. The van der Waals surface area contributed by atoms with Gasteiger partial charge in [0.25, 0.3) is 0 Å². The van der Waals surface area contributed by atoms with Crippen molar-refractivity contribution in [2.24, 2.45) is 5.92 Å². The molecule has 0 aromatic carbocycles. The van der Waals surface area contributed by atoms with Gasteiger partial charge in [-0.2, -0.15) is 0 Å². The van der Waals surface area contributed by atoms with Gasteiger partial charge in [-0.25, -0.2) is 4.98 Å². The molecule has 0 saturated carbocycles. The minimum absolute atomic E-state index is 0.597. The van der Waals surface area contributed by atoms with Crippen LogP contribution in [0.1, 0.15) is 6.42 Å². The van der Waals surface area contributed by atoms with Crippen molar-refractivity contribution < 1.29 is 4.79 Å². The van der Waals surface area contributed by atoms with Crippen LogP contribution in [-0.4, -0.2) is 34.0 Å². The summed E-state index contributed by atoms with van der Waals surface area (Å²) < 4.78 is 2.07. The quantitative estimate of drug-likeness (QED) is 0.628. The molecule has 2 heterocycles. The van der Waals surface area contributed by atoms with Crippen LogP contribution in [0.3, 0.4) is 0 Å². The highest BCUT2D eigenvalue weighted by Crippen LogP contribution is 2.16. The van der Waals surface area contributed by atoms with Gasteiger partial charge in [0.05, 0.1) is 6.33 Å². The maximum absolute atomic E-state index is 10.5. The zero-order valence-corrected chi connectivity index (χ0v) is 7.47. The van der Waals surface area contributed by atoms with Gasteiger partial charge >= 0.3 is 0 Å². The number of rotatable bonds is 3. The Morgan fingerprint density at radius 1 is 1.62 bits per heavy atom. The molecule has 0 spiro atoms. The molecule has 4 nitrogen and oxygen atoms in total. The molecule has 1 aromatic heterocycles. The molecule has 0 bridgehead atoms. The van der Waals surface area contributed by atoms with E-state index < -0.39 is 0 Å². The highest BCUT2D eigenvalue weighted by atomic mass is 16.1. The van der Waals surface area contributed by atoms with Crippen LogP contribution in [0, 0.1) is 5.92 Å². The predicted octanol–water partition coefficient (Wildman–Crippen LogP) is 0.361. The molecule has 0 aliphatic carbocycles. The molecule has 1 fully saturated rings. The van der Waals surface area contributed by atoms with E-state index in [1.807, 2.05) is 17.4 Å². The van der Waals surface area contributed by atoms with Crippen LogP contribution >= 0.6 is 0 Å². The van der Waals surface area contributed by atoms with Crippen molar-refractivity contribution in [2.45, 2.75) is 13.0 Å². The number of likely N-dealkylation sites (tertiary alicyclic amines) is 1. The van der Waals surface area contributed by atoms with Gasteiger partial charge in [-0.3, -0.25) is 4.79 Å². The van der Waals surface area contributed by atoms with E-state index in [1.165, 1.54) is 0 Å². The number of nitrogens with zero attached hydrogens (tertiary/aromatic N) is 3. The third-order valence-electron chi connectivity index (χ3n) is 2.49. The molecule has 1 atom stereocenters. The Bertz CT molecular complexity index is 270. The Labute approximate surface area is 77.2 Å². The number of hydrogen-bond acceptors (Lipinski definition) is 2. The Morgan fingerprint density at radius 3 is 3.15 bits per heavy atom. The SMILES string of the molecule is O=CN1CC[C@@H](Cn2ccnc2)C1. The van der Waals surface area contributed by atoms with Crippen LogP contribution in [0.5, 0.6) is 0 Å². The van der Waals surface area contributed by atoms with Crippen LogP contribution in [0.25, 0.3) is 0 Å². The van der Waals surface area contributed by atoms with E-state index in [2.05, 4.69) is 9.55 Å². The maximum atomic E-state index is 10.5. The lowest BCUT2D eigenvalue weighted by Gasteiger charge is -2.10. The van der Waals surface area contributed by atoms with E-state index in [1.54, 1.807) is 6.20 Å². The molecule has 1 aliphatic heterocycles. The highest BCUT2D eigenvalue weighted by molar-refractivity contribution is 5.47. The molecule has 0 radical (unpaired) electrons. The van der Waals surface area contributed by atoms with Crippen LogP contribution < -0.4 is 0 Å². The lowest BCUT2D eigenvalue weighted by Crippen LogP contribution is -2.19. The van der Waals surface area contributed by atoms with Gasteiger partial charge in [0.15, 0.2) is 0 Å². The first kappa shape index (κ1) is 8.29. The van der Waals surface area contributed by atoms with Crippen molar-refractivity contribution in [3.8, 4) is 0 Å². The van der Waals surface area contributed by atoms with E-state index in [4.69, 9.17) is 0 Å². The van der Waals surface area contributed by atoms with Gasteiger partial charge in [0.2, 0.25) is 6.41 Å². The third-order valence-corrected chi connectivity index (χ3v) is 2.49. The second kappa shape index (κ2) is 3.60. The Hall–Kier alpha value is -1.32. The maximum Gasteiger partial charge on any atom is 0.209 e. The molecule has 2 rings (SSSR count). The van der Waals surface area contributed by atoms with Crippen LogP contribution in [0.4, 0.5) is 0 Å². The van der Waals surface area contributed by atoms with Gasteiger partial charge < -0.3 is 9.47 Å². The molecular weight excluding hydrogens is 166 g/mol. The van der Waals surface area contributed by atoms with E-state index >= 15 is 0 Å². The summed E-state index contributed by atoms with van der Waals surface area (Å²) in [5.74, 6) is 0.597. The topological polar surface area (TPSA) is 38.1 Å². The van der Waals surface area contributed by atoms with Gasteiger partial charge in [-0.05, 0) is 12.3 Å². The van der Waals surface area contributed by atoms with Gasteiger partial charge in [-0.1, -0.05) is 0 Å². The summed E-state index contributed by atoms with van der Waals surface area (Å²) in [5.41, 5.74) is 0. The van der Waals surface area contributed by atoms with E-state index in [0.29, 0.717) is 5.92 Å². The predicted molar refractivity (Wildman–Crippen MR) is 48.0 cm³/mol. The molecular formula is C9H13N3O. The highest BCUT2D eigenvalue weighted by Gasteiger charge is 2.20. The van der Waals surface area contributed by atoms with Crippen molar-refractivity contribution in [3.05, 3.63) is 18.7 Å². The summed E-state index contributed by atoms with van der Waals surface area (Å²) in [6.07, 6.45) is 7.62. The fourth-order valence-electron chi connectivity index (χ4n) is 1.80. The minimum Gasteiger partial charge on any atom is -0.345 e. The fraction of sp³-hybridized carbons (Fsp3) is 0.556.